The maximum absolute atomic E-state index is 12.2. The molecule has 3 aromatic heterocycles. The van der Waals surface area contributed by atoms with Crippen molar-refractivity contribution in [3.8, 4) is 0 Å². The maximum Gasteiger partial charge on any atom is 0.253 e. The van der Waals surface area contributed by atoms with Crippen LogP contribution in [0.1, 0.15) is 29.8 Å². The third-order valence-corrected chi connectivity index (χ3v) is 3.46. The maximum atomic E-state index is 12.2. The van der Waals surface area contributed by atoms with Crippen LogP contribution in [0, 0.1) is 5.92 Å². The highest BCUT2D eigenvalue weighted by atomic mass is 16.1. The number of hydrogen-bond acceptors (Lipinski definition) is 4. The molecule has 0 fully saturated rings. The van der Waals surface area contributed by atoms with Crippen LogP contribution in [0.15, 0.2) is 43.1 Å². The summed E-state index contributed by atoms with van der Waals surface area (Å²) < 4.78 is 2.01. The van der Waals surface area contributed by atoms with E-state index >= 15 is 0 Å². The van der Waals surface area contributed by atoms with Crippen molar-refractivity contribution < 1.29 is 4.79 Å². The lowest BCUT2D eigenvalue weighted by Gasteiger charge is -2.07. The number of rotatable bonds is 5. The average molecular weight is 309 g/mol. The lowest BCUT2D eigenvalue weighted by atomic mass is 10.2. The topological polar surface area (TPSA) is 72.7 Å². The minimum atomic E-state index is -0.165. The molecule has 0 bridgehead atoms. The normalized spacial score (nSPS) is 11.1. The van der Waals surface area contributed by atoms with Gasteiger partial charge >= 0.3 is 0 Å². The first-order valence-corrected chi connectivity index (χ1v) is 7.61. The van der Waals surface area contributed by atoms with Gasteiger partial charge in [-0.2, -0.15) is 0 Å². The van der Waals surface area contributed by atoms with Crippen LogP contribution in [0.25, 0.3) is 11.2 Å². The summed E-state index contributed by atoms with van der Waals surface area (Å²) in [6.45, 7) is 5.58. The molecule has 1 N–H and O–H groups in total. The van der Waals surface area contributed by atoms with Gasteiger partial charge in [0.15, 0.2) is 5.65 Å². The largest absolute Gasteiger partial charge is 0.348 e. The Hall–Kier alpha value is -2.76. The van der Waals surface area contributed by atoms with Gasteiger partial charge in [-0.3, -0.25) is 9.78 Å². The van der Waals surface area contributed by atoms with Crippen LogP contribution in [-0.2, 0) is 13.1 Å². The zero-order valence-corrected chi connectivity index (χ0v) is 13.2. The van der Waals surface area contributed by atoms with Crippen molar-refractivity contribution in [3.63, 3.8) is 0 Å². The molecule has 6 nitrogen and oxygen atoms in total. The number of fused-ring (bicyclic) bond motifs is 1. The molecule has 0 saturated carbocycles. The molecule has 6 heteroatoms. The first kappa shape index (κ1) is 15.1. The second-order valence-electron chi connectivity index (χ2n) is 5.90. The van der Waals surface area contributed by atoms with Crippen molar-refractivity contribution in [1.82, 2.24) is 24.8 Å². The lowest BCUT2D eigenvalue weighted by molar-refractivity contribution is 0.0950. The second kappa shape index (κ2) is 6.56. The van der Waals surface area contributed by atoms with E-state index in [9.17, 15) is 4.79 Å². The van der Waals surface area contributed by atoms with E-state index in [2.05, 4.69) is 34.1 Å². The Morgan fingerprint density at radius 3 is 2.91 bits per heavy atom. The minimum absolute atomic E-state index is 0.165. The second-order valence-corrected chi connectivity index (χ2v) is 5.90. The SMILES string of the molecule is CC(C)Cn1cnc2cc(C(=O)NCc3cccnc3)cnc21. The van der Waals surface area contributed by atoms with Gasteiger partial charge in [0.1, 0.15) is 5.52 Å². The molecule has 3 rings (SSSR count). The van der Waals surface area contributed by atoms with E-state index in [0.717, 1.165) is 23.3 Å². The molecule has 0 unspecified atom stereocenters. The van der Waals surface area contributed by atoms with Crippen LogP contribution in [-0.4, -0.2) is 25.4 Å². The Morgan fingerprint density at radius 1 is 1.30 bits per heavy atom. The molecule has 0 spiro atoms. The molecule has 0 saturated heterocycles. The summed E-state index contributed by atoms with van der Waals surface area (Å²) in [6, 6.07) is 5.54. The van der Waals surface area contributed by atoms with Gasteiger partial charge in [0, 0.05) is 31.7 Å². The molecule has 0 atom stereocenters. The van der Waals surface area contributed by atoms with E-state index in [1.165, 1.54) is 0 Å². The molecule has 1 amide bonds. The van der Waals surface area contributed by atoms with Crippen LogP contribution in [0.5, 0.6) is 0 Å². The van der Waals surface area contributed by atoms with Gasteiger partial charge in [0.05, 0.1) is 11.9 Å². The van der Waals surface area contributed by atoms with Gasteiger partial charge in [-0.25, -0.2) is 9.97 Å². The fraction of sp³-hybridized carbons (Fsp3) is 0.294. The average Bonchev–Trinajstić information content (AvgIpc) is 2.95. The van der Waals surface area contributed by atoms with E-state index in [1.54, 1.807) is 31.0 Å². The van der Waals surface area contributed by atoms with Gasteiger partial charge in [-0.05, 0) is 23.6 Å². The standard InChI is InChI=1S/C17H19N5O/c1-12(2)10-22-11-21-15-6-14(9-19-16(15)22)17(23)20-8-13-4-3-5-18-7-13/h3-7,9,11-12H,8,10H2,1-2H3,(H,20,23). The summed E-state index contributed by atoms with van der Waals surface area (Å²) in [7, 11) is 0. The third kappa shape index (κ3) is 3.53. The Morgan fingerprint density at radius 2 is 2.17 bits per heavy atom. The third-order valence-electron chi connectivity index (χ3n) is 3.46. The summed E-state index contributed by atoms with van der Waals surface area (Å²) >= 11 is 0. The van der Waals surface area contributed by atoms with Gasteiger partial charge in [0.25, 0.3) is 5.91 Å². The van der Waals surface area contributed by atoms with Crippen LogP contribution >= 0.6 is 0 Å². The van der Waals surface area contributed by atoms with Crippen LogP contribution < -0.4 is 5.32 Å². The first-order valence-electron chi connectivity index (χ1n) is 7.61. The fourth-order valence-electron chi connectivity index (χ4n) is 2.39. The van der Waals surface area contributed by atoms with Crippen LogP contribution in [0.4, 0.5) is 0 Å². The quantitative estimate of drug-likeness (QED) is 0.785. The van der Waals surface area contributed by atoms with Gasteiger partial charge < -0.3 is 9.88 Å². The monoisotopic (exact) mass is 309 g/mol. The predicted octanol–water partition coefficient (Wildman–Crippen LogP) is 2.41. The molecular weight excluding hydrogens is 290 g/mol. The van der Waals surface area contributed by atoms with Gasteiger partial charge in [-0.1, -0.05) is 19.9 Å². The van der Waals surface area contributed by atoms with Crippen LogP contribution in [0.3, 0.4) is 0 Å². The Labute approximate surface area is 134 Å². The fourth-order valence-corrected chi connectivity index (χ4v) is 2.39. The van der Waals surface area contributed by atoms with Crippen molar-refractivity contribution in [3.05, 3.63) is 54.2 Å². The Kier molecular flexibility index (Phi) is 4.32. The van der Waals surface area contributed by atoms with Crippen molar-refractivity contribution in [1.29, 1.82) is 0 Å². The van der Waals surface area contributed by atoms with Crippen LogP contribution in [0.2, 0.25) is 0 Å². The molecule has 118 valence electrons. The Balaban J connectivity index is 1.74. The minimum Gasteiger partial charge on any atom is -0.348 e. The number of amides is 1. The lowest BCUT2D eigenvalue weighted by Crippen LogP contribution is -2.23. The molecule has 0 aromatic carbocycles. The summed E-state index contributed by atoms with van der Waals surface area (Å²) in [5.74, 6) is 0.346. The molecule has 23 heavy (non-hydrogen) atoms. The van der Waals surface area contributed by atoms with E-state index < -0.39 is 0 Å². The number of aromatic nitrogens is 4. The molecule has 3 aromatic rings. The first-order chi connectivity index (χ1) is 11.1. The molecule has 0 radical (unpaired) electrons. The smallest absolute Gasteiger partial charge is 0.253 e. The Bertz CT molecular complexity index is 810. The predicted molar refractivity (Wildman–Crippen MR) is 87.8 cm³/mol. The number of carbonyl (C=O) groups excluding carboxylic acids is 1. The highest BCUT2D eigenvalue weighted by molar-refractivity contribution is 5.96. The molecule has 3 heterocycles. The molecule has 0 aliphatic rings. The van der Waals surface area contributed by atoms with E-state index in [-0.39, 0.29) is 5.91 Å². The highest BCUT2D eigenvalue weighted by Gasteiger charge is 2.11. The van der Waals surface area contributed by atoms with Crippen molar-refractivity contribution in [2.75, 3.05) is 0 Å². The van der Waals surface area contributed by atoms with Crippen molar-refractivity contribution in [2.45, 2.75) is 26.9 Å². The highest BCUT2D eigenvalue weighted by Crippen LogP contribution is 2.13. The number of pyridine rings is 2. The van der Waals surface area contributed by atoms with Gasteiger partial charge in [-0.15, -0.1) is 0 Å². The molecule has 0 aliphatic heterocycles. The van der Waals surface area contributed by atoms with E-state index in [4.69, 9.17) is 0 Å². The van der Waals surface area contributed by atoms with E-state index in [0.29, 0.717) is 18.0 Å². The summed E-state index contributed by atoms with van der Waals surface area (Å²) in [6.07, 6.45) is 6.81. The van der Waals surface area contributed by atoms with Crippen molar-refractivity contribution >= 4 is 17.1 Å². The number of imidazole rings is 1. The van der Waals surface area contributed by atoms with E-state index in [1.807, 2.05) is 16.7 Å². The van der Waals surface area contributed by atoms with Crippen molar-refractivity contribution in [2.24, 2.45) is 5.92 Å². The number of hydrogen-bond donors (Lipinski definition) is 1. The zero-order chi connectivity index (χ0) is 16.2. The number of nitrogens with one attached hydrogen (secondary N) is 1. The zero-order valence-electron chi connectivity index (χ0n) is 13.2. The summed E-state index contributed by atoms with van der Waals surface area (Å²) in [5, 5.41) is 2.87. The number of carbonyl (C=O) groups is 1. The summed E-state index contributed by atoms with van der Waals surface area (Å²) in [4.78, 5) is 25.0. The number of nitrogens with zero attached hydrogens (tertiary/aromatic N) is 4. The molecule has 0 aliphatic carbocycles. The summed E-state index contributed by atoms with van der Waals surface area (Å²) in [5.41, 5.74) is 3.01. The molecular formula is C17H19N5O. The van der Waals surface area contributed by atoms with Gasteiger partial charge in [0.2, 0.25) is 0 Å².